The molecule has 1 aromatic heterocycles. The SMILES string of the molecule is CCNC(c1ccc(C(C)(C)C)s1)c1cc(Cl)ccc1Cl. The minimum absolute atomic E-state index is 0.0855. The predicted octanol–water partition coefficient (Wildman–Crippen LogP) is 6.05. The monoisotopic (exact) mass is 341 g/mol. The van der Waals surface area contributed by atoms with Crippen LogP contribution in [0.25, 0.3) is 0 Å². The summed E-state index contributed by atoms with van der Waals surface area (Å²) >= 11 is 14.4. The third-order valence-electron chi connectivity index (χ3n) is 3.33. The van der Waals surface area contributed by atoms with Gasteiger partial charge in [-0.05, 0) is 47.9 Å². The maximum atomic E-state index is 6.38. The van der Waals surface area contributed by atoms with Crippen molar-refractivity contribution in [2.75, 3.05) is 6.54 Å². The Morgan fingerprint density at radius 1 is 1.14 bits per heavy atom. The van der Waals surface area contributed by atoms with Crippen LogP contribution >= 0.6 is 34.5 Å². The second-order valence-corrected chi connectivity index (χ2v) is 8.07. The Kier molecular flexibility index (Phi) is 5.37. The molecule has 2 aromatic rings. The average molecular weight is 342 g/mol. The smallest absolute Gasteiger partial charge is 0.0686 e. The molecule has 0 amide bonds. The van der Waals surface area contributed by atoms with Crippen molar-refractivity contribution >= 4 is 34.5 Å². The number of halogens is 2. The zero-order valence-corrected chi connectivity index (χ0v) is 15.2. The van der Waals surface area contributed by atoms with Crippen molar-refractivity contribution in [3.63, 3.8) is 0 Å². The molecule has 1 atom stereocenters. The summed E-state index contributed by atoms with van der Waals surface area (Å²) in [5.41, 5.74) is 1.20. The van der Waals surface area contributed by atoms with Gasteiger partial charge in [-0.3, -0.25) is 0 Å². The highest BCUT2D eigenvalue weighted by atomic mass is 35.5. The number of hydrogen-bond donors (Lipinski definition) is 1. The molecule has 0 fully saturated rings. The molecule has 0 bridgehead atoms. The summed E-state index contributed by atoms with van der Waals surface area (Å²) in [5.74, 6) is 0. The van der Waals surface area contributed by atoms with E-state index >= 15 is 0 Å². The van der Waals surface area contributed by atoms with Crippen LogP contribution < -0.4 is 5.32 Å². The zero-order valence-electron chi connectivity index (χ0n) is 12.8. The van der Waals surface area contributed by atoms with Gasteiger partial charge < -0.3 is 5.32 Å². The first-order valence-corrected chi connectivity index (χ1v) is 8.68. The summed E-state index contributed by atoms with van der Waals surface area (Å²) in [6.45, 7) is 9.67. The number of rotatable bonds is 4. The van der Waals surface area contributed by atoms with E-state index in [0.717, 1.165) is 17.1 Å². The van der Waals surface area contributed by atoms with Gasteiger partial charge in [-0.25, -0.2) is 0 Å². The van der Waals surface area contributed by atoms with Crippen LogP contribution in [0.5, 0.6) is 0 Å². The average Bonchev–Trinajstić information content (AvgIpc) is 2.88. The summed E-state index contributed by atoms with van der Waals surface area (Å²) in [4.78, 5) is 2.64. The summed E-state index contributed by atoms with van der Waals surface area (Å²) in [5, 5.41) is 4.97. The standard InChI is InChI=1S/C17H21Cl2NS/c1-5-20-16(12-10-11(18)6-7-13(12)19)14-8-9-15(21-14)17(2,3)4/h6-10,16,20H,5H2,1-4H3. The predicted molar refractivity (Wildman–Crippen MR) is 95.0 cm³/mol. The molecule has 1 N–H and O–H groups in total. The third kappa shape index (κ3) is 4.01. The lowest BCUT2D eigenvalue weighted by Crippen LogP contribution is -2.21. The highest BCUT2D eigenvalue weighted by Crippen LogP contribution is 2.37. The molecular formula is C17H21Cl2NS. The molecule has 0 saturated carbocycles. The van der Waals surface area contributed by atoms with E-state index < -0.39 is 0 Å². The van der Waals surface area contributed by atoms with Crippen molar-refractivity contribution in [2.45, 2.75) is 39.2 Å². The van der Waals surface area contributed by atoms with Crippen LogP contribution in [0.15, 0.2) is 30.3 Å². The van der Waals surface area contributed by atoms with Gasteiger partial charge in [0.15, 0.2) is 0 Å². The van der Waals surface area contributed by atoms with E-state index in [0.29, 0.717) is 5.02 Å². The Morgan fingerprint density at radius 3 is 2.43 bits per heavy atom. The molecule has 2 rings (SSSR count). The minimum Gasteiger partial charge on any atom is -0.306 e. The maximum absolute atomic E-state index is 6.38. The highest BCUT2D eigenvalue weighted by Gasteiger charge is 2.22. The molecule has 1 aromatic carbocycles. The molecule has 0 spiro atoms. The fourth-order valence-electron chi connectivity index (χ4n) is 2.21. The number of nitrogens with one attached hydrogen (secondary N) is 1. The number of thiophene rings is 1. The van der Waals surface area contributed by atoms with Crippen LogP contribution in [0, 0.1) is 0 Å². The van der Waals surface area contributed by atoms with Gasteiger partial charge in [-0.1, -0.05) is 50.9 Å². The Morgan fingerprint density at radius 2 is 1.86 bits per heavy atom. The van der Waals surface area contributed by atoms with Crippen molar-refractivity contribution in [2.24, 2.45) is 0 Å². The lowest BCUT2D eigenvalue weighted by Gasteiger charge is -2.20. The molecule has 0 radical (unpaired) electrons. The van der Waals surface area contributed by atoms with Crippen LogP contribution in [0.1, 0.15) is 49.1 Å². The molecule has 4 heteroatoms. The van der Waals surface area contributed by atoms with Gasteiger partial charge in [-0.2, -0.15) is 0 Å². The lowest BCUT2D eigenvalue weighted by molar-refractivity contribution is 0.604. The third-order valence-corrected chi connectivity index (χ3v) is 5.48. The summed E-state index contributed by atoms with van der Waals surface area (Å²) in [6, 6.07) is 10.1. The Balaban J connectivity index is 2.44. The van der Waals surface area contributed by atoms with Crippen molar-refractivity contribution in [1.29, 1.82) is 0 Å². The second kappa shape index (κ2) is 6.70. The van der Waals surface area contributed by atoms with Crippen molar-refractivity contribution < 1.29 is 0 Å². The largest absolute Gasteiger partial charge is 0.306 e. The molecule has 114 valence electrons. The molecule has 1 heterocycles. The van der Waals surface area contributed by atoms with Crippen LogP contribution in [-0.2, 0) is 5.41 Å². The van der Waals surface area contributed by atoms with Gasteiger partial charge in [0.25, 0.3) is 0 Å². The van der Waals surface area contributed by atoms with Gasteiger partial charge in [0.2, 0.25) is 0 Å². The first kappa shape index (κ1) is 16.8. The summed E-state index contributed by atoms with van der Waals surface area (Å²) < 4.78 is 0. The van der Waals surface area contributed by atoms with E-state index in [2.05, 4.69) is 45.1 Å². The van der Waals surface area contributed by atoms with E-state index in [9.17, 15) is 0 Å². The van der Waals surface area contributed by atoms with Crippen molar-refractivity contribution in [3.05, 3.63) is 55.7 Å². The fourth-order valence-corrected chi connectivity index (χ4v) is 3.78. The maximum Gasteiger partial charge on any atom is 0.0686 e. The highest BCUT2D eigenvalue weighted by molar-refractivity contribution is 7.12. The van der Waals surface area contributed by atoms with E-state index in [1.54, 1.807) is 0 Å². The summed E-state index contributed by atoms with van der Waals surface area (Å²) in [6.07, 6.45) is 0. The topological polar surface area (TPSA) is 12.0 Å². The molecule has 0 aliphatic heterocycles. The van der Waals surface area contributed by atoms with E-state index in [-0.39, 0.29) is 11.5 Å². The van der Waals surface area contributed by atoms with E-state index in [1.807, 2.05) is 29.5 Å². The fraction of sp³-hybridized carbons (Fsp3) is 0.412. The molecule has 0 aliphatic carbocycles. The Bertz CT molecular complexity index is 613. The molecule has 1 nitrogen and oxygen atoms in total. The zero-order chi connectivity index (χ0) is 15.6. The van der Waals surface area contributed by atoms with Crippen molar-refractivity contribution in [3.8, 4) is 0 Å². The van der Waals surface area contributed by atoms with Gasteiger partial charge in [0, 0.05) is 19.8 Å². The Labute approximate surface area is 141 Å². The number of benzene rings is 1. The normalized spacial score (nSPS) is 13.4. The minimum atomic E-state index is 0.0855. The number of hydrogen-bond acceptors (Lipinski definition) is 2. The van der Waals surface area contributed by atoms with E-state index in [1.165, 1.54) is 9.75 Å². The summed E-state index contributed by atoms with van der Waals surface area (Å²) in [7, 11) is 0. The van der Waals surface area contributed by atoms with Crippen LogP contribution in [-0.4, -0.2) is 6.54 Å². The Hall–Kier alpha value is -0.540. The first-order chi connectivity index (χ1) is 9.82. The molecule has 0 saturated heterocycles. The van der Waals surface area contributed by atoms with Crippen LogP contribution in [0.2, 0.25) is 10.0 Å². The van der Waals surface area contributed by atoms with Gasteiger partial charge in [0.05, 0.1) is 6.04 Å². The van der Waals surface area contributed by atoms with E-state index in [4.69, 9.17) is 23.2 Å². The van der Waals surface area contributed by atoms with Crippen molar-refractivity contribution in [1.82, 2.24) is 5.32 Å². The van der Waals surface area contributed by atoms with Crippen LogP contribution in [0.4, 0.5) is 0 Å². The molecule has 0 aliphatic rings. The van der Waals surface area contributed by atoms with Gasteiger partial charge in [0.1, 0.15) is 0 Å². The first-order valence-electron chi connectivity index (χ1n) is 7.11. The van der Waals surface area contributed by atoms with Gasteiger partial charge >= 0.3 is 0 Å². The molecule has 1 unspecified atom stereocenters. The quantitative estimate of drug-likeness (QED) is 0.713. The molecular weight excluding hydrogens is 321 g/mol. The van der Waals surface area contributed by atoms with Crippen LogP contribution in [0.3, 0.4) is 0 Å². The second-order valence-electron chi connectivity index (χ2n) is 6.11. The molecule has 21 heavy (non-hydrogen) atoms. The van der Waals surface area contributed by atoms with Gasteiger partial charge in [-0.15, -0.1) is 11.3 Å². The lowest BCUT2D eigenvalue weighted by atomic mass is 9.95.